The van der Waals surface area contributed by atoms with Crippen LogP contribution in [0.3, 0.4) is 0 Å². The van der Waals surface area contributed by atoms with Crippen LogP contribution in [0.15, 0.2) is 16.9 Å². The number of benzene rings is 1. The molecule has 4 heteroatoms. The molecule has 1 saturated carbocycles. The van der Waals surface area contributed by atoms with Crippen molar-refractivity contribution in [1.29, 1.82) is 0 Å². The fraction of sp³-hybridized carbons (Fsp3) is 0.462. The predicted octanol–water partition coefficient (Wildman–Crippen LogP) is 4.29. The van der Waals surface area contributed by atoms with Crippen molar-refractivity contribution in [2.24, 2.45) is 0 Å². The second kappa shape index (κ2) is 4.46. The molecule has 2 aromatic rings. The Morgan fingerprint density at radius 2 is 2.00 bits per heavy atom. The molecular formula is C13H14ClNOS. The van der Waals surface area contributed by atoms with E-state index in [1.807, 2.05) is 6.07 Å². The quantitative estimate of drug-likeness (QED) is 0.821. The summed E-state index contributed by atoms with van der Waals surface area (Å²) in [5.41, 5.74) is 2.10. The second-order valence-corrected chi connectivity index (χ2v) is 6.14. The maximum absolute atomic E-state index is 11.3. The Balaban J connectivity index is 2.08. The molecule has 1 aromatic heterocycles. The van der Waals surface area contributed by atoms with Gasteiger partial charge in [0, 0.05) is 5.02 Å². The van der Waals surface area contributed by atoms with Crippen molar-refractivity contribution in [1.82, 2.24) is 4.98 Å². The van der Waals surface area contributed by atoms with Gasteiger partial charge in [0.25, 0.3) is 0 Å². The summed E-state index contributed by atoms with van der Waals surface area (Å²) in [6, 6.07) is 4.01. The van der Waals surface area contributed by atoms with Crippen molar-refractivity contribution in [2.75, 3.05) is 0 Å². The molecule has 17 heavy (non-hydrogen) atoms. The number of hydrogen-bond donors (Lipinski definition) is 1. The van der Waals surface area contributed by atoms with Gasteiger partial charge in [-0.3, -0.25) is 4.79 Å². The average molecular weight is 268 g/mol. The minimum absolute atomic E-state index is 0.00291. The molecular weight excluding hydrogens is 254 g/mol. The van der Waals surface area contributed by atoms with Gasteiger partial charge in [-0.25, -0.2) is 0 Å². The third-order valence-corrected chi connectivity index (χ3v) is 4.76. The number of hydrogen-bond acceptors (Lipinski definition) is 2. The van der Waals surface area contributed by atoms with Crippen LogP contribution in [-0.2, 0) is 0 Å². The second-order valence-electron chi connectivity index (χ2n) is 4.72. The van der Waals surface area contributed by atoms with Gasteiger partial charge in [0.1, 0.15) is 0 Å². The first-order valence-corrected chi connectivity index (χ1v) is 7.26. The SMILES string of the molecule is O=c1[nH]c2cc(Cl)c(C3CCCCC3)cc2s1. The molecule has 3 rings (SSSR count). The van der Waals surface area contributed by atoms with E-state index in [1.54, 1.807) is 0 Å². The first kappa shape index (κ1) is 11.3. The average Bonchev–Trinajstić information content (AvgIpc) is 2.68. The largest absolute Gasteiger partial charge is 0.312 e. The van der Waals surface area contributed by atoms with Gasteiger partial charge in [-0.15, -0.1) is 0 Å². The Hall–Kier alpha value is -0.800. The maximum Gasteiger partial charge on any atom is 0.305 e. The molecule has 0 saturated heterocycles. The molecule has 2 nitrogen and oxygen atoms in total. The van der Waals surface area contributed by atoms with E-state index in [0.717, 1.165) is 15.2 Å². The smallest absolute Gasteiger partial charge is 0.305 e. The van der Waals surface area contributed by atoms with Crippen molar-refractivity contribution in [3.8, 4) is 0 Å². The van der Waals surface area contributed by atoms with Crippen LogP contribution >= 0.6 is 22.9 Å². The van der Waals surface area contributed by atoms with E-state index in [-0.39, 0.29) is 4.87 Å². The molecule has 0 bridgehead atoms. The highest BCUT2D eigenvalue weighted by Crippen LogP contribution is 2.38. The lowest BCUT2D eigenvalue weighted by atomic mass is 9.84. The Bertz CT molecular complexity index is 595. The highest BCUT2D eigenvalue weighted by atomic mass is 35.5. The van der Waals surface area contributed by atoms with Crippen molar-refractivity contribution in [2.45, 2.75) is 38.0 Å². The lowest BCUT2D eigenvalue weighted by Gasteiger charge is -2.22. The number of H-pyrrole nitrogens is 1. The first-order valence-electron chi connectivity index (χ1n) is 6.06. The van der Waals surface area contributed by atoms with Gasteiger partial charge in [-0.2, -0.15) is 0 Å². The standard InChI is InChI=1S/C13H14ClNOS/c14-10-7-11-12(17-13(16)15-11)6-9(10)8-4-2-1-3-5-8/h6-8H,1-5H2,(H,15,16). The molecule has 0 unspecified atom stereocenters. The van der Waals surface area contributed by atoms with Crippen LogP contribution in [0.25, 0.3) is 10.2 Å². The van der Waals surface area contributed by atoms with Gasteiger partial charge in [0.2, 0.25) is 0 Å². The fourth-order valence-corrected chi connectivity index (χ4v) is 3.80. The summed E-state index contributed by atoms with van der Waals surface area (Å²) in [6.07, 6.45) is 6.38. The van der Waals surface area contributed by atoms with Gasteiger partial charge in [-0.1, -0.05) is 42.2 Å². The Kier molecular flexibility index (Phi) is 2.97. The third kappa shape index (κ3) is 2.14. The lowest BCUT2D eigenvalue weighted by molar-refractivity contribution is 0.444. The molecule has 0 atom stereocenters. The summed E-state index contributed by atoms with van der Waals surface area (Å²) < 4.78 is 1.03. The van der Waals surface area contributed by atoms with Crippen molar-refractivity contribution >= 4 is 33.2 Å². The molecule has 90 valence electrons. The molecule has 1 aliphatic rings. The third-order valence-electron chi connectivity index (χ3n) is 3.58. The molecule has 1 aliphatic carbocycles. The van der Waals surface area contributed by atoms with E-state index < -0.39 is 0 Å². The van der Waals surface area contributed by atoms with E-state index in [0.29, 0.717) is 5.92 Å². The first-order chi connectivity index (χ1) is 8.24. The molecule has 1 aromatic carbocycles. The van der Waals surface area contributed by atoms with E-state index >= 15 is 0 Å². The van der Waals surface area contributed by atoms with Crippen molar-refractivity contribution in [3.63, 3.8) is 0 Å². The molecule has 0 aliphatic heterocycles. The fourth-order valence-electron chi connectivity index (χ4n) is 2.71. The van der Waals surface area contributed by atoms with E-state index in [1.165, 1.54) is 49.0 Å². The highest BCUT2D eigenvalue weighted by Gasteiger charge is 2.19. The number of halogens is 1. The van der Waals surface area contributed by atoms with E-state index in [4.69, 9.17) is 11.6 Å². The number of rotatable bonds is 1. The van der Waals surface area contributed by atoms with Crippen LogP contribution in [0.2, 0.25) is 5.02 Å². The summed E-state index contributed by atoms with van der Waals surface area (Å²) in [5.74, 6) is 0.581. The summed E-state index contributed by atoms with van der Waals surface area (Å²) in [4.78, 5) is 14.1. The zero-order valence-corrected chi connectivity index (χ0v) is 11.0. The minimum Gasteiger partial charge on any atom is -0.312 e. The zero-order valence-electron chi connectivity index (χ0n) is 9.46. The molecule has 1 fully saturated rings. The highest BCUT2D eigenvalue weighted by molar-refractivity contribution is 7.16. The van der Waals surface area contributed by atoms with Crippen molar-refractivity contribution in [3.05, 3.63) is 32.4 Å². The van der Waals surface area contributed by atoms with Crippen LogP contribution in [0, 0.1) is 0 Å². The van der Waals surface area contributed by atoms with Gasteiger partial charge in [-0.05, 0) is 36.5 Å². The number of aromatic nitrogens is 1. The van der Waals surface area contributed by atoms with Gasteiger partial charge in [0.15, 0.2) is 0 Å². The normalized spacial score (nSPS) is 17.7. The Labute approximate surface area is 109 Å². The lowest BCUT2D eigenvalue weighted by Crippen LogP contribution is -2.04. The van der Waals surface area contributed by atoms with E-state index in [9.17, 15) is 4.79 Å². The molecule has 1 heterocycles. The van der Waals surface area contributed by atoms with E-state index in [2.05, 4.69) is 11.1 Å². The van der Waals surface area contributed by atoms with Gasteiger partial charge < -0.3 is 4.98 Å². The van der Waals surface area contributed by atoms with Gasteiger partial charge in [0.05, 0.1) is 10.2 Å². The van der Waals surface area contributed by atoms with Crippen LogP contribution in [0.4, 0.5) is 0 Å². The monoisotopic (exact) mass is 267 g/mol. The molecule has 0 amide bonds. The minimum atomic E-state index is -0.00291. The number of fused-ring (bicyclic) bond motifs is 1. The predicted molar refractivity (Wildman–Crippen MR) is 73.3 cm³/mol. The Morgan fingerprint density at radius 3 is 2.76 bits per heavy atom. The van der Waals surface area contributed by atoms with Gasteiger partial charge >= 0.3 is 4.87 Å². The molecule has 0 radical (unpaired) electrons. The van der Waals surface area contributed by atoms with Crippen LogP contribution < -0.4 is 4.87 Å². The summed E-state index contributed by atoms with van der Waals surface area (Å²) in [5, 5.41) is 0.804. The molecule has 0 spiro atoms. The Morgan fingerprint density at radius 1 is 1.24 bits per heavy atom. The topological polar surface area (TPSA) is 32.9 Å². The summed E-state index contributed by atoms with van der Waals surface area (Å²) >= 11 is 7.60. The number of thiazole rings is 1. The zero-order chi connectivity index (χ0) is 11.8. The van der Waals surface area contributed by atoms with Crippen LogP contribution in [-0.4, -0.2) is 4.98 Å². The van der Waals surface area contributed by atoms with Crippen LogP contribution in [0.5, 0.6) is 0 Å². The summed E-state index contributed by atoms with van der Waals surface area (Å²) in [6.45, 7) is 0. The maximum atomic E-state index is 11.3. The summed E-state index contributed by atoms with van der Waals surface area (Å²) in [7, 11) is 0. The van der Waals surface area contributed by atoms with Crippen LogP contribution in [0.1, 0.15) is 43.6 Å². The van der Waals surface area contributed by atoms with Crippen molar-refractivity contribution < 1.29 is 0 Å². The molecule has 1 N–H and O–H groups in total. The number of nitrogens with one attached hydrogen (secondary N) is 1. The number of aromatic amines is 1.